The van der Waals surface area contributed by atoms with Crippen LogP contribution in [-0.2, 0) is 4.74 Å². The molecule has 27 heavy (non-hydrogen) atoms. The van der Waals surface area contributed by atoms with Crippen molar-refractivity contribution in [2.45, 2.75) is 51.7 Å². The number of rotatable bonds is 4. The molecule has 1 aromatic carbocycles. The largest absolute Gasteiger partial charge is 0.473 e. The third kappa shape index (κ3) is 4.78. The fourth-order valence-corrected chi connectivity index (χ4v) is 3.16. The Bertz CT molecular complexity index is 803. The van der Waals surface area contributed by atoms with E-state index < -0.39 is 5.60 Å². The van der Waals surface area contributed by atoms with Gasteiger partial charge in [-0.25, -0.2) is 14.8 Å². The number of carbonyl (C=O) groups is 1. The van der Waals surface area contributed by atoms with Crippen molar-refractivity contribution in [3.63, 3.8) is 0 Å². The van der Waals surface area contributed by atoms with Gasteiger partial charge in [0.2, 0.25) is 0 Å². The van der Waals surface area contributed by atoms with E-state index in [0.29, 0.717) is 24.8 Å². The molecule has 1 atom stereocenters. The Labute approximate surface area is 160 Å². The number of likely N-dealkylation sites (tertiary alicyclic amines) is 1. The van der Waals surface area contributed by atoms with Gasteiger partial charge in [0, 0.05) is 13.6 Å². The van der Waals surface area contributed by atoms with Crippen LogP contribution in [-0.4, -0.2) is 52.8 Å². The molecular weight excluding hydrogens is 344 g/mol. The van der Waals surface area contributed by atoms with Crippen molar-refractivity contribution in [3.8, 4) is 5.88 Å². The molecule has 146 valence electrons. The fourth-order valence-electron chi connectivity index (χ4n) is 3.16. The normalized spacial score (nSPS) is 17.6. The molecule has 7 heteroatoms. The molecule has 0 bridgehead atoms. The quantitative estimate of drug-likeness (QED) is 0.879. The van der Waals surface area contributed by atoms with E-state index in [1.54, 1.807) is 11.9 Å². The molecular formula is C20H28N4O3. The lowest BCUT2D eigenvalue weighted by atomic mass is 10.0. The number of ether oxygens (including phenoxy) is 2. The number of amides is 1. The molecule has 1 aliphatic heterocycles. The standard InChI is InChI=1S/C20H28N4O3/c1-20(2,3)27-19(25)24-12-8-7-9-14(24)13-26-18-17(21-4)22-15-10-5-6-11-16(15)23-18/h5-6,10-11,14H,7-9,12-13H2,1-4H3,(H,21,22). The molecule has 1 aromatic heterocycles. The minimum atomic E-state index is -0.511. The van der Waals surface area contributed by atoms with E-state index in [0.717, 1.165) is 30.3 Å². The third-order valence-corrected chi connectivity index (χ3v) is 4.44. The zero-order valence-corrected chi connectivity index (χ0v) is 16.5. The lowest BCUT2D eigenvalue weighted by molar-refractivity contribution is 0.00340. The van der Waals surface area contributed by atoms with Crippen LogP contribution >= 0.6 is 0 Å². The second kappa shape index (κ2) is 7.98. The number of carbonyl (C=O) groups excluding carboxylic acids is 1. The minimum Gasteiger partial charge on any atom is -0.473 e. The van der Waals surface area contributed by atoms with Crippen LogP contribution in [0.1, 0.15) is 40.0 Å². The highest BCUT2D eigenvalue weighted by Crippen LogP contribution is 2.25. The monoisotopic (exact) mass is 372 g/mol. The van der Waals surface area contributed by atoms with Gasteiger partial charge >= 0.3 is 6.09 Å². The maximum absolute atomic E-state index is 12.5. The van der Waals surface area contributed by atoms with Gasteiger partial charge in [0.15, 0.2) is 5.82 Å². The number of aromatic nitrogens is 2. The molecule has 1 aliphatic rings. The van der Waals surface area contributed by atoms with Crippen molar-refractivity contribution in [3.05, 3.63) is 24.3 Å². The molecule has 0 saturated carbocycles. The summed E-state index contributed by atoms with van der Waals surface area (Å²) in [5, 5.41) is 3.04. The summed E-state index contributed by atoms with van der Waals surface area (Å²) < 4.78 is 11.6. The zero-order valence-electron chi connectivity index (χ0n) is 16.5. The first-order valence-electron chi connectivity index (χ1n) is 9.44. The SMILES string of the molecule is CNc1nc2ccccc2nc1OCC1CCCCN1C(=O)OC(C)(C)C. The average Bonchev–Trinajstić information content (AvgIpc) is 2.64. The number of piperidine rings is 1. The lowest BCUT2D eigenvalue weighted by Crippen LogP contribution is -2.48. The van der Waals surface area contributed by atoms with Gasteiger partial charge in [-0.1, -0.05) is 12.1 Å². The highest BCUT2D eigenvalue weighted by Gasteiger charge is 2.31. The molecule has 0 aliphatic carbocycles. The van der Waals surface area contributed by atoms with E-state index >= 15 is 0 Å². The number of hydrogen-bond acceptors (Lipinski definition) is 6. The van der Waals surface area contributed by atoms with Crippen molar-refractivity contribution in [1.29, 1.82) is 0 Å². The Balaban J connectivity index is 1.74. The Morgan fingerprint density at radius 1 is 1.22 bits per heavy atom. The molecule has 1 saturated heterocycles. The van der Waals surface area contributed by atoms with Gasteiger partial charge in [-0.3, -0.25) is 0 Å². The van der Waals surface area contributed by atoms with E-state index in [-0.39, 0.29) is 12.1 Å². The van der Waals surface area contributed by atoms with Crippen LogP contribution < -0.4 is 10.1 Å². The van der Waals surface area contributed by atoms with Crippen LogP contribution in [0.2, 0.25) is 0 Å². The maximum Gasteiger partial charge on any atom is 0.410 e. The summed E-state index contributed by atoms with van der Waals surface area (Å²) in [6.45, 7) is 6.69. The van der Waals surface area contributed by atoms with Crippen LogP contribution in [0.5, 0.6) is 5.88 Å². The summed E-state index contributed by atoms with van der Waals surface area (Å²) in [5.41, 5.74) is 1.07. The molecule has 0 spiro atoms. The van der Waals surface area contributed by atoms with Gasteiger partial charge in [-0.15, -0.1) is 0 Å². The van der Waals surface area contributed by atoms with Gasteiger partial charge in [0.1, 0.15) is 12.2 Å². The topological polar surface area (TPSA) is 76.6 Å². The summed E-state index contributed by atoms with van der Waals surface area (Å²) in [4.78, 5) is 23.5. The molecule has 2 aromatic rings. The highest BCUT2D eigenvalue weighted by atomic mass is 16.6. The molecule has 1 fully saturated rings. The Hall–Kier alpha value is -2.57. The summed E-state index contributed by atoms with van der Waals surface area (Å²) in [6.07, 6.45) is 2.65. The molecule has 1 amide bonds. The van der Waals surface area contributed by atoms with E-state index in [1.807, 2.05) is 45.0 Å². The maximum atomic E-state index is 12.5. The van der Waals surface area contributed by atoms with Gasteiger partial charge in [0.05, 0.1) is 17.1 Å². The fraction of sp³-hybridized carbons (Fsp3) is 0.550. The van der Waals surface area contributed by atoms with Gasteiger partial charge < -0.3 is 19.7 Å². The van der Waals surface area contributed by atoms with Crippen LogP contribution in [0.15, 0.2) is 24.3 Å². The Kier molecular flexibility index (Phi) is 5.68. The first-order valence-corrected chi connectivity index (χ1v) is 9.44. The number of nitrogens with one attached hydrogen (secondary N) is 1. The Morgan fingerprint density at radius 2 is 1.93 bits per heavy atom. The number of benzene rings is 1. The van der Waals surface area contributed by atoms with Crippen LogP contribution in [0.3, 0.4) is 0 Å². The van der Waals surface area contributed by atoms with Crippen LogP contribution in [0, 0.1) is 0 Å². The van der Waals surface area contributed by atoms with E-state index in [4.69, 9.17) is 9.47 Å². The molecule has 1 N–H and O–H groups in total. The number of hydrogen-bond donors (Lipinski definition) is 1. The number of nitrogens with zero attached hydrogens (tertiary/aromatic N) is 3. The van der Waals surface area contributed by atoms with Gasteiger partial charge in [-0.2, -0.15) is 0 Å². The summed E-state index contributed by atoms with van der Waals surface area (Å²) >= 11 is 0. The second-order valence-electron chi connectivity index (χ2n) is 7.75. The smallest absolute Gasteiger partial charge is 0.410 e. The highest BCUT2D eigenvalue weighted by molar-refractivity contribution is 5.77. The van der Waals surface area contributed by atoms with Crippen LogP contribution in [0.4, 0.5) is 10.6 Å². The lowest BCUT2D eigenvalue weighted by Gasteiger charge is -2.36. The van der Waals surface area contributed by atoms with Crippen molar-refractivity contribution in [2.75, 3.05) is 25.5 Å². The van der Waals surface area contributed by atoms with Crippen molar-refractivity contribution in [2.24, 2.45) is 0 Å². The predicted molar refractivity (Wildman–Crippen MR) is 105 cm³/mol. The van der Waals surface area contributed by atoms with Crippen molar-refractivity contribution < 1.29 is 14.3 Å². The predicted octanol–water partition coefficient (Wildman–Crippen LogP) is 3.84. The molecule has 0 radical (unpaired) electrons. The van der Waals surface area contributed by atoms with E-state index in [9.17, 15) is 4.79 Å². The molecule has 3 rings (SSSR count). The molecule has 1 unspecified atom stereocenters. The summed E-state index contributed by atoms with van der Waals surface area (Å²) in [6, 6.07) is 7.63. The van der Waals surface area contributed by atoms with Crippen molar-refractivity contribution >= 4 is 22.9 Å². The molecule has 2 heterocycles. The average molecular weight is 372 g/mol. The minimum absolute atomic E-state index is 0.0356. The van der Waals surface area contributed by atoms with E-state index in [2.05, 4.69) is 15.3 Å². The molecule has 7 nitrogen and oxygen atoms in total. The Morgan fingerprint density at radius 3 is 2.59 bits per heavy atom. The first kappa shape index (κ1) is 19.2. The van der Waals surface area contributed by atoms with Crippen LogP contribution in [0.25, 0.3) is 11.0 Å². The number of fused-ring (bicyclic) bond motifs is 1. The first-order chi connectivity index (χ1) is 12.9. The zero-order chi connectivity index (χ0) is 19.4. The third-order valence-electron chi connectivity index (χ3n) is 4.44. The summed E-state index contributed by atoms with van der Waals surface area (Å²) in [5.74, 6) is 1.04. The van der Waals surface area contributed by atoms with Crippen molar-refractivity contribution in [1.82, 2.24) is 14.9 Å². The van der Waals surface area contributed by atoms with Gasteiger partial charge in [0.25, 0.3) is 5.88 Å². The van der Waals surface area contributed by atoms with E-state index in [1.165, 1.54) is 0 Å². The van der Waals surface area contributed by atoms with Gasteiger partial charge in [-0.05, 0) is 52.2 Å². The summed E-state index contributed by atoms with van der Waals surface area (Å²) in [7, 11) is 1.79. The number of anilines is 1. The number of para-hydroxylation sites is 2. The second-order valence-corrected chi connectivity index (χ2v) is 7.75.